The summed E-state index contributed by atoms with van der Waals surface area (Å²) in [5, 5.41) is 4.04. The molecule has 2 aliphatic rings. The van der Waals surface area contributed by atoms with Gasteiger partial charge in [-0.25, -0.2) is 19.2 Å². The number of nitrogens with zero attached hydrogens (tertiary/aromatic N) is 3. The van der Waals surface area contributed by atoms with Crippen molar-refractivity contribution in [3.8, 4) is 0 Å². The molecular formula is C42H41N3O11. The summed E-state index contributed by atoms with van der Waals surface area (Å²) in [6, 6.07) is 33.3. The van der Waals surface area contributed by atoms with Crippen molar-refractivity contribution in [1.29, 1.82) is 0 Å². The maximum Gasteiger partial charge on any atom is 0.338 e. The van der Waals surface area contributed by atoms with Gasteiger partial charge in [0.1, 0.15) is 24.4 Å². The van der Waals surface area contributed by atoms with Crippen LogP contribution in [-0.4, -0.2) is 86.9 Å². The van der Waals surface area contributed by atoms with E-state index >= 15 is 0 Å². The van der Waals surface area contributed by atoms with Crippen LogP contribution >= 0.6 is 0 Å². The Morgan fingerprint density at radius 3 is 1.77 bits per heavy atom. The van der Waals surface area contributed by atoms with Crippen LogP contribution in [0, 0.1) is 5.92 Å². The minimum absolute atomic E-state index is 0.0401. The van der Waals surface area contributed by atoms with Crippen LogP contribution < -0.4 is 0 Å². The zero-order valence-electron chi connectivity index (χ0n) is 30.5. The third-order valence-corrected chi connectivity index (χ3v) is 9.55. The first-order valence-corrected chi connectivity index (χ1v) is 18.1. The molecule has 0 radical (unpaired) electrons. The molecular weight excluding hydrogens is 722 g/mol. The minimum atomic E-state index is -1.37. The molecule has 1 saturated heterocycles. The van der Waals surface area contributed by atoms with Crippen LogP contribution in [0.4, 0.5) is 0 Å². The number of rotatable bonds is 14. The highest BCUT2D eigenvalue weighted by Gasteiger charge is 2.51. The average molecular weight is 764 g/mol. The zero-order chi connectivity index (χ0) is 39.3. The average Bonchev–Trinajstić information content (AvgIpc) is 3.24. The number of hydrogen-bond acceptors (Lipinski definition) is 12. The highest BCUT2D eigenvalue weighted by molar-refractivity contribution is 5.90. The van der Waals surface area contributed by atoms with E-state index in [1.807, 2.05) is 30.3 Å². The third kappa shape index (κ3) is 10.2. The van der Waals surface area contributed by atoms with Gasteiger partial charge in [-0.15, -0.1) is 0 Å². The number of methoxy groups -OCH3 is 1. The first kappa shape index (κ1) is 39.6. The lowest BCUT2D eigenvalue weighted by molar-refractivity contribution is -0.244. The summed E-state index contributed by atoms with van der Waals surface area (Å²) in [4.78, 5) is 56.1. The molecule has 4 aromatic rings. The molecule has 1 saturated carbocycles. The summed E-state index contributed by atoms with van der Waals surface area (Å²) in [5.74, 6) is -3.13. The van der Waals surface area contributed by atoms with E-state index in [9.17, 15) is 24.7 Å². The van der Waals surface area contributed by atoms with E-state index in [1.54, 1.807) is 91.0 Å². The Bertz CT molecular complexity index is 1960. The zero-order valence-corrected chi connectivity index (χ0v) is 30.5. The highest BCUT2D eigenvalue weighted by atomic mass is 16.6. The molecule has 56 heavy (non-hydrogen) atoms. The van der Waals surface area contributed by atoms with Gasteiger partial charge in [0.25, 0.3) is 0 Å². The van der Waals surface area contributed by atoms with Crippen molar-refractivity contribution < 1.29 is 52.3 Å². The number of azide groups is 1. The predicted molar refractivity (Wildman–Crippen MR) is 199 cm³/mol. The molecule has 6 rings (SSSR count). The molecule has 0 N–H and O–H groups in total. The molecule has 0 amide bonds. The molecule has 14 nitrogen and oxygen atoms in total. The Hall–Kier alpha value is -6.05. The van der Waals surface area contributed by atoms with Gasteiger partial charge in [0.05, 0.1) is 49.7 Å². The second kappa shape index (κ2) is 19.5. The fourth-order valence-electron chi connectivity index (χ4n) is 6.79. The maximum absolute atomic E-state index is 13.4. The Labute approximate surface area is 323 Å². The Kier molecular flexibility index (Phi) is 13.8. The monoisotopic (exact) mass is 763 g/mol. The van der Waals surface area contributed by atoms with E-state index in [1.165, 1.54) is 7.11 Å². The normalized spacial score (nSPS) is 24.4. The number of carbonyl (C=O) groups is 4. The molecule has 4 aromatic carbocycles. The van der Waals surface area contributed by atoms with E-state index in [4.69, 9.17) is 33.2 Å². The number of carbonyl (C=O) groups excluding carboxylic acids is 4. The first-order chi connectivity index (χ1) is 27.3. The molecule has 14 heteroatoms. The lowest BCUT2D eigenvalue weighted by Gasteiger charge is -2.45. The molecule has 0 spiro atoms. The van der Waals surface area contributed by atoms with Crippen molar-refractivity contribution in [2.75, 3.05) is 20.3 Å². The number of esters is 4. The van der Waals surface area contributed by atoms with E-state index < -0.39 is 72.5 Å². The van der Waals surface area contributed by atoms with Gasteiger partial charge >= 0.3 is 23.9 Å². The lowest BCUT2D eigenvalue weighted by atomic mass is 9.81. The van der Waals surface area contributed by atoms with Gasteiger partial charge in [0.15, 0.2) is 12.2 Å². The van der Waals surface area contributed by atoms with Gasteiger partial charge in [-0.1, -0.05) is 90.0 Å². The van der Waals surface area contributed by atoms with E-state index in [0.29, 0.717) is 5.56 Å². The molecule has 0 aromatic heterocycles. The number of hydrogen-bond donors (Lipinski definition) is 0. The lowest BCUT2D eigenvalue weighted by Crippen LogP contribution is -2.61. The summed E-state index contributed by atoms with van der Waals surface area (Å²) >= 11 is 0. The molecule has 8 unspecified atom stereocenters. The fraction of sp³-hybridized carbons (Fsp3) is 0.333. The molecule has 0 bridgehead atoms. The van der Waals surface area contributed by atoms with E-state index in [2.05, 4.69) is 10.0 Å². The smallest absolute Gasteiger partial charge is 0.338 e. The second-order valence-electron chi connectivity index (χ2n) is 13.3. The Morgan fingerprint density at radius 2 is 1.21 bits per heavy atom. The topological polar surface area (TPSA) is 182 Å². The van der Waals surface area contributed by atoms with Crippen molar-refractivity contribution in [2.45, 2.75) is 62.1 Å². The van der Waals surface area contributed by atoms with Gasteiger partial charge in [0, 0.05) is 4.91 Å². The molecule has 8 atom stereocenters. The van der Waals surface area contributed by atoms with Crippen LogP contribution in [0.25, 0.3) is 10.4 Å². The standard InChI is InChI=1S/C42H41N3O11/c1-50-42(49)38-37(36(51-24-27-14-6-2-7-15-27)34(26-52-38)56-41(48)31-20-12-5-13-21-31)54-32-22-28(25-53-39(46)29-16-8-3-9-17-29)23-33(35(32)44-45-43)55-40(47)30-18-10-4-11-19-30/h2-21,28,32-38H,22-26H2,1H3. The summed E-state index contributed by atoms with van der Waals surface area (Å²) < 4.78 is 42.0. The largest absolute Gasteiger partial charge is 0.467 e. The summed E-state index contributed by atoms with van der Waals surface area (Å²) in [6.07, 6.45) is -6.68. The van der Waals surface area contributed by atoms with Crippen LogP contribution in [0.1, 0.15) is 49.5 Å². The Morgan fingerprint density at radius 1 is 0.696 bits per heavy atom. The van der Waals surface area contributed by atoms with Crippen molar-refractivity contribution in [3.63, 3.8) is 0 Å². The van der Waals surface area contributed by atoms with Crippen LogP contribution in [0.3, 0.4) is 0 Å². The van der Waals surface area contributed by atoms with E-state index in [-0.39, 0.29) is 43.8 Å². The molecule has 1 heterocycles. The molecule has 2 fully saturated rings. The second-order valence-corrected chi connectivity index (χ2v) is 13.3. The van der Waals surface area contributed by atoms with Crippen LogP contribution in [0.15, 0.2) is 126 Å². The van der Waals surface area contributed by atoms with E-state index in [0.717, 1.165) is 5.56 Å². The van der Waals surface area contributed by atoms with Crippen LogP contribution in [0.5, 0.6) is 0 Å². The number of ether oxygens (including phenoxy) is 7. The quantitative estimate of drug-likeness (QED) is 0.0463. The van der Waals surface area contributed by atoms with Crippen molar-refractivity contribution in [1.82, 2.24) is 0 Å². The maximum atomic E-state index is 13.4. The van der Waals surface area contributed by atoms with Gasteiger partial charge in [-0.3, -0.25) is 0 Å². The number of benzene rings is 4. The van der Waals surface area contributed by atoms with Crippen molar-refractivity contribution in [2.24, 2.45) is 11.0 Å². The summed E-state index contributed by atoms with van der Waals surface area (Å²) in [6.45, 7) is -0.293. The van der Waals surface area contributed by atoms with Gasteiger partial charge in [-0.2, -0.15) is 0 Å². The van der Waals surface area contributed by atoms with Gasteiger partial charge in [0.2, 0.25) is 0 Å². The van der Waals surface area contributed by atoms with Crippen molar-refractivity contribution >= 4 is 23.9 Å². The summed E-state index contributed by atoms with van der Waals surface area (Å²) in [5.41, 5.74) is 11.5. The van der Waals surface area contributed by atoms with Crippen LogP contribution in [0.2, 0.25) is 0 Å². The van der Waals surface area contributed by atoms with Crippen molar-refractivity contribution in [3.05, 3.63) is 154 Å². The molecule has 1 aliphatic carbocycles. The molecule has 1 aliphatic heterocycles. The van der Waals surface area contributed by atoms with Gasteiger partial charge < -0.3 is 33.2 Å². The molecule has 290 valence electrons. The predicted octanol–water partition coefficient (Wildman–Crippen LogP) is 6.29. The van der Waals surface area contributed by atoms with Crippen LogP contribution in [-0.2, 0) is 44.6 Å². The Balaban J connectivity index is 1.33. The summed E-state index contributed by atoms with van der Waals surface area (Å²) in [7, 11) is 1.20. The first-order valence-electron chi connectivity index (χ1n) is 18.1. The highest BCUT2D eigenvalue weighted by Crippen LogP contribution is 2.36. The third-order valence-electron chi connectivity index (χ3n) is 9.55. The fourth-order valence-corrected chi connectivity index (χ4v) is 6.79. The van der Waals surface area contributed by atoms with Gasteiger partial charge in [-0.05, 0) is 66.3 Å². The SMILES string of the molecule is COC(=O)C1OCC(OC(=O)c2ccccc2)C(OCc2ccccc2)C1OC1CC(COC(=O)c2ccccc2)CC(OC(=O)c2ccccc2)C1N=[N+]=[N-]. The minimum Gasteiger partial charge on any atom is -0.467 e.